The van der Waals surface area contributed by atoms with Gasteiger partial charge in [0.15, 0.2) is 0 Å². The van der Waals surface area contributed by atoms with E-state index < -0.39 is 0 Å². The minimum absolute atomic E-state index is 0.766. The van der Waals surface area contributed by atoms with E-state index in [0.29, 0.717) is 0 Å². The Morgan fingerprint density at radius 3 is 2.12 bits per heavy atom. The van der Waals surface area contributed by atoms with E-state index >= 15 is 0 Å². The molecule has 0 radical (unpaired) electrons. The van der Waals surface area contributed by atoms with Gasteiger partial charge in [-0.2, -0.15) is 0 Å². The van der Waals surface area contributed by atoms with Crippen LogP contribution >= 0.6 is 0 Å². The van der Waals surface area contributed by atoms with Gasteiger partial charge in [-0.1, -0.05) is 57.1 Å². The lowest BCUT2D eigenvalue weighted by Gasteiger charge is -2.11. The summed E-state index contributed by atoms with van der Waals surface area (Å²) < 4.78 is 0. The standard InChI is InChI=1S/C17H32/c1-5-7-10-14-17(6-2)15-12-9-8-11-13-16(3)4/h6,17H,2-3,5,7-15H2,1,4H3. The molecule has 0 aromatic carbocycles. The van der Waals surface area contributed by atoms with Gasteiger partial charge >= 0.3 is 0 Å². The molecule has 1 atom stereocenters. The van der Waals surface area contributed by atoms with Gasteiger partial charge in [0.25, 0.3) is 0 Å². The number of allylic oxidation sites excluding steroid dienone is 2. The van der Waals surface area contributed by atoms with E-state index in [1.54, 1.807) is 0 Å². The Labute approximate surface area is 109 Å². The molecule has 0 spiro atoms. The summed E-state index contributed by atoms with van der Waals surface area (Å²) in [6.45, 7) is 12.3. The fourth-order valence-electron chi connectivity index (χ4n) is 2.22. The average Bonchev–Trinajstić information content (AvgIpc) is 2.31. The summed E-state index contributed by atoms with van der Waals surface area (Å²) in [7, 11) is 0. The molecule has 0 aliphatic carbocycles. The quantitative estimate of drug-likeness (QED) is 0.276. The molecule has 0 saturated heterocycles. The van der Waals surface area contributed by atoms with Crippen LogP contribution in [0.25, 0.3) is 0 Å². The summed E-state index contributed by atoms with van der Waals surface area (Å²) in [5.74, 6) is 0.766. The molecule has 0 amide bonds. The van der Waals surface area contributed by atoms with E-state index in [9.17, 15) is 0 Å². The maximum atomic E-state index is 3.97. The van der Waals surface area contributed by atoms with Crippen LogP contribution in [0.5, 0.6) is 0 Å². The normalized spacial score (nSPS) is 12.4. The van der Waals surface area contributed by atoms with Gasteiger partial charge in [0.2, 0.25) is 0 Å². The van der Waals surface area contributed by atoms with Gasteiger partial charge in [0, 0.05) is 0 Å². The Balaban J connectivity index is 3.36. The number of hydrogen-bond acceptors (Lipinski definition) is 0. The first kappa shape index (κ1) is 16.5. The van der Waals surface area contributed by atoms with Gasteiger partial charge in [-0.25, -0.2) is 0 Å². The van der Waals surface area contributed by atoms with Crippen molar-refractivity contribution in [3.63, 3.8) is 0 Å². The van der Waals surface area contributed by atoms with Crippen molar-refractivity contribution >= 4 is 0 Å². The number of rotatable bonds is 12. The fraction of sp³-hybridized carbons (Fsp3) is 0.765. The largest absolute Gasteiger partial charge is 0.103 e. The second-order valence-corrected chi connectivity index (χ2v) is 5.40. The van der Waals surface area contributed by atoms with Gasteiger partial charge in [-0.3, -0.25) is 0 Å². The monoisotopic (exact) mass is 236 g/mol. The Bertz CT molecular complexity index is 190. The summed E-state index contributed by atoms with van der Waals surface area (Å²) in [5.41, 5.74) is 1.33. The van der Waals surface area contributed by atoms with Crippen molar-refractivity contribution in [1.82, 2.24) is 0 Å². The van der Waals surface area contributed by atoms with Crippen LogP contribution in [0, 0.1) is 5.92 Å². The van der Waals surface area contributed by atoms with Crippen LogP contribution in [0.1, 0.15) is 78.1 Å². The van der Waals surface area contributed by atoms with E-state index in [4.69, 9.17) is 0 Å². The van der Waals surface area contributed by atoms with Crippen molar-refractivity contribution in [2.45, 2.75) is 78.1 Å². The van der Waals surface area contributed by atoms with Crippen molar-refractivity contribution in [2.75, 3.05) is 0 Å². The molecule has 0 rings (SSSR count). The predicted octanol–water partition coefficient (Wildman–Crippen LogP) is 6.29. The third-order valence-electron chi connectivity index (χ3n) is 3.44. The SMILES string of the molecule is C=CC(CCCCC)CCCCCCC(=C)C. The predicted molar refractivity (Wildman–Crippen MR) is 80.3 cm³/mol. The summed E-state index contributed by atoms with van der Waals surface area (Å²) in [4.78, 5) is 0. The highest BCUT2D eigenvalue weighted by atomic mass is 14.1. The molecule has 17 heavy (non-hydrogen) atoms. The molecule has 0 heteroatoms. The lowest BCUT2D eigenvalue weighted by Crippen LogP contribution is -1.96. The van der Waals surface area contributed by atoms with Gasteiger partial charge in [-0.15, -0.1) is 13.2 Å². The number of hydrogen-bond donors (Lipinski definition) is 0. The minimum Gasteiger partial charge on any atom is -0.103 e. The zero-order valence-corrected chi connectivity index (χ0v) is 12.1. The smallest absolute Gasteiger partial charge is 0.0236 e. The Morgan fingerprint density at radius 2 is 1.59 bits per heavy atom. The van der Waals surface area contributed by atoms with Crippen LogP contribution in [-0.4, -0.2) is 0 Å². The minimum atomic E-state index is 0.766. The number of unbranched alkanes of at least 4 members (excludes halogenated alkanes) is 5. The molecule has 1 unspecified atom stereocenters. The van der Waals surface area contributed by atoms with E-state index in [0.717, 1.165) is 5.92 Å². The van der Waals surface area contributed by atoms with Crippen LogP contribution < -0.4 is 0 Å². The van der Waals surface area contributed by atoms with E-state index in [-0.39, 0.29) is 0 Å². The van der Waals surface area contributed by atoms with Crippen LogP contribution in [0.3, 0.4) is 0 Å². The Hall–Kier alpha value is -0.520. The van der Waals surface area contributed by atoms with E-state index in [1.165, 1.54) is 69.8 Å². The third kappa shape index (κ3) is 11.7. The van der Waals surface area contributed by atoms with E-state index in [2.05, 4.69) is 33.1 Å². The highest BCUT2D eigenvalue weighted by molar-refractivity contribution is 4.87. The van der Waals surface area contributed by atoms with Gasteiger partial charge in [0.1, 0.15) is 0 Å². The molecule has 0 aromatic rings. The third-order valence-corrected chi connectivity index (χ3v) is 3.44. The van der Waals surface area contributed by atoms with Gasteiger partial charge in [0.05, 0.1) is 0 Å². The fourth-order valence-corrected chi connectivity index (χ4v) is 2.22. The topological polar surface area (TPSA) is 0 Å². The molecule has 0 nitrogen and oxygen atoms in total. The molecule has 0 aliphatic rings. The lowest BCUT2D eigenvalue weighted by atomic mass is 9.95. The van der Waals surface area contributed by atoms with Crippen molar-refractivity contribution in [1.29, 1.82) is 0 Å². The molecule has 0 aromatic heterocycles. The van der Waals surface area contributed by atoms with Crippen molar-refractivity contribution in [3.05, 3.63) is 24.8 Å². The first-order chi connectivity index (χ1) is 8.20. The second kappa shape index (κ2) is 12.0. The second-order valence-electron chi connectivity index (χ2n) is 5.40. The maximum Gasteiger partial charge on any atom is -0.0236 e. The molecule has 0 saturated carbocycles. The molecular weight excluding hydrogens is 204 g/mol. The summed E-state index contributed by atoms with van der Waals surface area (Å²) in [5, 5.41) is 0. The van der Waals surface area contributed by atoms with Crippen LogP contribution in [0.4, 0.5) is 0 Å². The molecule has 0 heterocycles. The zero-order chi connectivity index (χ0) is 12.9. The summed E-state index contributed by atoms with van der Waals surface area (Å²) in [6, 6.07) is 0. The first-order valence-electron chi connectivity index (χ1n) is 7.47. The van der Waals surface area contributed by atoms with Crippen molar-refractivity contribution in [2.24, 2.45) is 5.92 Å². The van der Waals surface area contributed by atoms with E-state index in [1.807, 2.05) is 0 Å². The average molecular weight is 236 g/mol. The Morgan fingerprint density at radius 1 is 1.00 bits per heavy atom. The highest BCUT2D eigenvalue weighted by Gasteiger charge is 2.03. The van der Waals surface area contributed by atoms with Crippen LogP contribution in [-0.2, 0) is 0 Å². The van der Waals surface area contributed by atoms with Crippen molar-refractivity contribution < 1.29 is 0 Å². The van der Waals surface area contributed by atoms with Crippen LogP contribution in [0.2, 0.25) is 0 Å². The molecule has 0 aliphatic heterocycles. The molecule has 0 fully saturated rings. The van der Waals surface area contributed by atoms with Crippen LogP contribution in [0.15, 0.2) is 24.8 Å². The molecule has 0 bridgehead atoms. The maximum absolute atomic E-state index is 3.97. The molecule has 0 N–H and O–H groups in total. The zero-order valence-electron chi connectivity index (χ0n) is 12.1. The van der Waals surface area contributed by atoms with Crippen molar-refractivity contribution in [3.8, 4) is 0 Å². The lowest BCUT2D eigenvalue weighted by molar-refractivity contribution is 0.475. The molecule has 100 valence electrons. The Kier molecular flexibility index (Phi) is 11.6. The summed E-state index contributed by atoms with van der Waals surface area (Å²) >= 11 is 0. The first-order valence-corrected chi connectivity index (χ1v) is 7.47. The van der Waals surface area contributed by atoms with Gasteiger partial charge < -0.3 is 0 Å². The van der Waals surface area contributed by atoms with Gasteiger partial charge in [-0.05, 0) is 38.5 Å². The summed E-state index contributed by atoms with van der Waals surface area (Å²) in [6.07, 6.45) is 15.6. The highest BCUT2D eigenvalue weighted by Crippen LogP contribution is 2.19. The molecular formula is C17H32.